The standard InChI is InChI=1S/C25H29NO5/c1-3-26(22-7-5-4-6-8-22)24(28)17-30-25(29)21-11-9-19(10-12-21)20-13-15-23(16-14-20)31-18(2)27/h9-16,22H,3-8,17H2,1-2H3. The van der Waals surface area contributed by atoms with E-state index in [1.54, 1.807) is 24.3 Å². The van der Waals surface area contributed by atoms with Crippen molar-refractivity contribution in [1.29, 1.82) is 0 Å². The molecule has 0 aromatic heterocycles. The van der Waals surface area contributed by atoms with Crippen molar-refractivity contribution in [2.75, 3.05) is 13.2 Å². The number of ether oxygens (including phenoxy) is 2. The highest BCUT2D eigenvalue weighted by atomic mass is 16.5. The molecule has 0 spiro atoms. The van der Waals surface area contributed by atoms with Gasteiger partial charge in [-0.25, -0.2) is 4.79 Å². The monoisotopic (exact) mass is 423 g/mol. The third-order valence-electron chi connectivity index (χ3n) is 5.57. The lowest BCUT2D eigenvalue weighted by Gasteiger charge is -2.33. The molecule has 1 saturated carbocycles. The highest BCUT2D eigenvalue weighted by molar-refractivity contribution is 5.92. The molecule has 1 aliphatic rings. The van der Waals surface area contributed by atoms with Crippen LogP contribution >= 0.6 is 0 Å². The van der Waals surface area contributed by atoms with E-state index in [9.17, 15) is 14.4 Å². The van der Waals surface area contributed by atoms with Crippen LogP contribution in [0.2, 0.25) is 0 Å². The summed E-state index contributed by atoms with van der Waals surface area (Å²) >= 11 is 0. The maximum Gasteiger partial charge on any atom is 0.338 e. The third-order valence-corrected chi connectivity index (χ3v) is 5.57. The lowest BCUT2D eigenvalue weighted by molar-refractivity contribution is -0.137. The van der Waals surface area contributed by atoms with Crippen LogP contribution in [0.5, 0.6) is 5.75 Å². The van der Waals surface area contributed by atoms with Gasteiger partial charge in [0.25, 0.3) is 5.91 Å². The SMILES string of the molecule is CCN(C(=O)COC(=O)c1ccc(-c2ccc(OC(C)=O)cc2)cc1)C1CCCCC1. The first-order chi connectivity index (χ1) is 15.0. The van der Waals surface area contributed by atoms with Crippen LogP contribution in [-0.4, -0.2) is 41.9 Å². The number of carbonyl (C=O) groups is 3. The molecule has 2 aromatic carbocycles. The summed E-state index contributed by atoms with van der Waals surface area (Å²) in [6.45, 7) is 3.72. The van der Waals surface area contributed by atoms with Gasteiger partial charge in [0.1, 0.15) is 5.75 Å². The van der Waals surface area contributed by atoms with E-state index < -0.39 is 5.97 Å². The molecule has 1 amide bonds. The molecule has 0 bridgehead atoms. The summed E-state index contributed by atoms with van der Waals surface area (Å²) in [5.74, 6) is -0.526. The molecule has 1 aliphatic carbocycles. The molecule has 164 valence electrons. The van der Waals surface area contributed by atoms with Crippen LogP contribution in [0, 0.1) is 0 Å². The van der Waals surface area contributed by atoms with Gasteiger partial charge >= 0.3 is 11.9 Å². The van der Waals surface area contributed by atoms with E-state index in [1.165, 1.54) is 13.3 Å². The Hall–Kier alpha value is -3.15. The first-order valence-corrected chi connectivity index (χ1v) is 10.8. The van der Waals surface area contributed by atoms with E-state index in [4.69, 9.17) is 9.47 Å². The van der Waals surface area contributed by atoms with Gasteiger partial charge in [-0.15, -0.1) is 0 Å². The van der Waals surface area contributed by atoms with E-state index in [2.05, 4.69) is 0 Å². The Labute approximate surface area is 183 Å². The van der Waals surface area contributed by atoms with Gasteiger partial charge in [0.15, 0.2) is 6.61 Å². The molecule has 1 fully saturated rings. The molecule has 0 radical (unpaired) electrons. The lowest BCUT2D eigenvalue weighted by atomic mass is 9.94. The molecule has 0 saturated heterocycles. The Bertz CT molecular complexity index is 899. The zero-order chi connectivity index (χ0) is 22.2. The summed E-state index contributed by atoms with van der Waals surface area (Å²) in [5.41, 5.74) is 2.24. The zero-order valence-electron chi connectivity index (χ0n) is 18.1. The van der Waals surface area contributed by atoms with Gasteiger partial charge in [-0.2, -0.15) is 0 Å². The van der Waals surface area contributed by atoms with Crippen LogP contribution in [0.4, 0.5) is 0 Å². The Morgan fingerprint density at radius 1 is 0.903 bits per heavy atom. The summed E-state index contributed by atoms with van der Waals surface area (Å²) < 4.78 is 10.3. The quantitative estimate of drug-likeness (QED) is 0.480. The molecule has 31 heavy (non-hydrogen) atoms. The van der Waals surface area contributed by atoms with Gasteiger partial charge in [-0.3, -0.25) is 9.59 Å². The molecule has 0 unspecified atom stereocenters. The number of likely N-dealkylation sites (N-methyl/N-ethyl adjacent to an activating group) is 1. The van der Waals surface area contributed by atoms with E-state index >= 15 is 0 Å². The van der Waals surface area contributed by atoms with Crippen molar-refractivity contribution in [3.8, 4) is 16.9 Å². The van der Waals surface area contributed by atoms with E-state index in [0.717, 1.165) is 36.8 Å². The number of hydrogen-bond acceptors (Lipinski definition) is 5. The van der Waals surface area contributed by atoms with Crippen molar-refractivity contribution in [1.82, 2.24) is 4.90 Å². The largest absolute Gasteiger partial charge is 0.452 e. The van der Waals surface area contributed by atoms with Gasteiger partial charge in [0.05, 0.1) is 5.56 Å². The molecule has 0 N–H and O–H groups in total. The number of rotatable bonds is 7. The molecule has 2 aromatic rings. The lowest BCUT2D eigenvalue weighted by Crippen LogP contribution is -2.43. The molecule has 0 heterocycles. The molecule has 0 aliphatic heterocycles. The maximum absolute atomic E-state index is 12.6. The molecule has 6 nitrogen and oxygen atoms in total. The molecular weight excluding hydrogens is 394 g/mol. The summed E-state index contributed by atoms with van der Waals surface area (Å²) in [4.78, 5) is 37.8. The average Bonchev–Trinajstić information content (AvgIpc) is 2.79. The molecule has 3 rings (SSSR count). The van der Waals surface area contributed by atoms with Gasteiger partial charge in [-0.1, -0.05) is 43.5 Å². The summed E-state index contributed by atoms with van der Waals surface area (Å²) in [7, 11) is 0. The number of carbonyl (C=O) groups excluding carboxylic acids is 3. The highest BCUT2D eigenvalue weighted by Gasteiger charge is 2.24. The summed E-state index contributed by atoms with van der Waals surface area (Å²) in [6, 6.07) is 14.4. The second-order valence-electron chi connectivity index (χ2n) is 7.74. The first-order valence-electron chi connectivity index (χ1n) is 10.8. The summed E-state index contributed by atoms with van der Waals surface area (Å²) in [5, 5.41) is 0. The number of amides is 1. The van der Waals surface area contributed by atoms with E-state index in [1.807, 2.05) is 36.1 Å². The number of esters is 2. The summed E-state index contributed by atoms with van der Waals surface area (Å²) in [6.07, 6.45) is 5.57. The van der Waals surface area contributed by atoms with Crippen molar-refractivity contribution >= 4 is 17.8 Å². The Morgan fingerprint density at radius 2 is 1.48 bits per heavy atom. The van der Waals surface area contributed by atoms with Gasteiger partial charge in [-0.05, 0) is 55.2 Å². The third kappa shape index (κ3) is 6.17. The molecular formula is C25H29NO5. The number of hydrogen-bond donors (Lipinski definition) is 0. The van der Waals surface area contributed by atoms with Crippen LogP contribution < -0.4 is 4.74 Å². The fourth-order valence-electron chi connectivity index (χ4n) is 4.00. The van der Waals surface area contributed by atoms with E-state index in [0.29, 0.717) is 17.9 Å². The Kier molecular flexibility index (Phi) is 7.82. The second-order valence-corrected chi connectivity index (χ2v) is 7.74. The molecule has 0 atom stereocenters. The highest BCUT2D eigenvalue weighted by Crippen LogP contribution is 2.24. The fraction of sp³-hybridized carbons (Fsp3) is 0.400. The van der Waals surface area contributed by atoms with Crippen molar-refractivity contribution in [3.05, 3.63) is 54.1 Å². The van der Waals surface area contributed by atoms with Crippen molar-refractivity contribution in [3.63, 3.8) is 0 Å². The Morgan fingerprint density at radius 3 is 2.03 bits per heavy atom. The minimum absolute atomic E-state index is 0.132. The predicted octanol–water partition coefficient (Wildman–Crippen LogP) is 4.62. The zero-order valence-corrected chi connectivity index (χ0v) is 18.1. The maximum atomic E-state index is 12.6. The minimum atomic E-state index is -0.509. The van der Waals surface area contributed by atoms with Crippen LogP contribution in [0.3, 0.4) is 0 Å². The average molecular weight is 424 g/mol. The van der Waals surface area contributed by atoms with Crippen LogP contribution in [0.1, 0.15) is 56.3 Å². The van der Waals surface area contributed by atoms with Gasteiger partial charge in [0, 0.05) is 19.5 Å². The topological polar surface area (TPSA) is 72.9 Å². The van der Waals surface area contributed by atoms with Gasteiger partial charge in [0.2, 0.25) is 0 Å². The van der Waals surface area contributed by atoms with Crippen molar-refractivity contribution < 1.29 is 23.9 Å². The van der Waals surface area contributed by atoms with Crippen LogP contribution in [-0.2, 0) is 14.3 Å². The van der Waals surface area contributed by atoms with Crippen LogP contribution in [0.15, 0.2) is 48.5 Å². The van der Waals surface area contributed by atoms with Gasteiger partial charge < -0.3 is 14.4 Å². The molecule has 6 heteroatoms. The second kappa shape index (κ2) is 10.8. The van der Waals surface area contributed by atoms with Crippen molar-refractivity contribution in [2.45, 2.75) is 52.0 Å². The first kappa shape index (κ1) is 22.5. The predicted molar refractivity (Wildman–Crippen MR) is 118 cm³/mol. The van der Waals surface area contributed by atoms with E-state index in [-0.39, 0.29) is 24.5 Å². The smallest absolute Gasteiger partial charge is 0.338 e. The number of benzene rings is 2. The Balaban J connectivity index is 1.56. The van der Waals surface area contributed by atoms with Crippen LogP contribution in [0.25, 0.3) is 11.1 Å². The minimum Gasteiger partial charge on any atom is -0.452 e. The van der Waals surface area contributed by atoms with Crippen molar-refractivity contribution in [2.24, 2.45) is 0 Å². The number of nitrogens with zero attached hydrogens (tertiary/aromatic N) is 1. The fourth-order valence-corrected chi connectivity index (χ4v) is 4.00. The normalized spacial score (nSPS) is 14.0.